The molecule has 1 saturated carbocycles. The van der Waals surface area contributed by atoms with Gasteiger partial charge in [0.2, 0.25) is 0 Å². The fourth-order valence-corrected chi connectivity index (χ4v) is 3.53. The Morgan fingerprint density at radius 1 is 1.00 bits per heavy atom. The smallest absolute Gasteiger partial charge is 0.0340 e. The molecule has 3 atom stereocenters. The zero-order valence-electron chi connectivity index (χ0n) is 11.1. The van der Waals surface area contributed by atoms with Crippen LogP contribution in [0.1, 0.15) is 38.5 Å². The number of rotatable bonds is 3. The molecule has 3 rings (SSSR count). The minimum Gasteiger partial charge on any atom is -0.383 e. The molecule has 98 valence electrons. The van der Waals surface area contributed by atoms with E-state index < -0.39 is 0 Å². The van der Waals surface area contributed by atoms with Gasteiger partial charge < -0.3 is 10.6 Å². The number of hydrogen-bond donors (Lipinski definition) is 2. The van der Waals surface area contributed by atoms with Crippen LogP contribution in [0.5, 0.6) is 0 Å². The Labute approximate surface area is 110 Å². The normalized spacial score (nSPS) is 31.7. The molecule has 2 heteroatoms. The first-order valence-corrected chi connectivity index (χ1v) is 7.47. The van der Waals surface area contributed by atoms with Crippen molar-refractivity contribution in [2.45, 2.75) is 50.6 Å². The lowest BCUT2D eigenvalue weighted by atomic mass is 9.78. The SMILES string of the molecule is c1ccc(NCC2CCC3CCCCC3N2)cc1. The summed E-state index contributed by atoms with van der Waals surface area (Å²) in [5.41, 5.74) is 1.24. The minimum atomic E-state index is 0.657. The first kappa shape index (κ1) is 12.0. The molecule has 2 nitrogen and oxygen atoms in total. The van der Waals surface area contributed by atoms with Crippen LogP contribution in [0.2, 0.25) is 0 Å². The highest BCUT2D eigenvalue weighted by molar-refractivity contribution is 5.42. The highest BCUT2D eigenvalue weighted by Gasteiger charge is 2.31. The number of nitrogens with one attached hydrogen (secondary N) is 2. The van der Waals surface area contributed by atoms with Gasteiger partial charge in [0.15, 0.2) is 0 Å². The summed E-state index contributed by atoms with van der Waals surface area (Å²) < 4.78 is 0. The lowest BCUT2D eigenvalue weighted by Crippen LogP contribution is -2.51. The first-order chi connectivity index (χ1) is 8.92. The van der Waals surface area contributed by atoms with Crippen LogP contribution in [0.15, 0.2) is 30.3 Å². The third kappa shape index (κ3) is 2.86. The van der Waals surface area contributed by atoms with Gasteiger partial charge in [0.1, 0.15) is 0 Å². The van der Waals surface area contributed by atoms with E-state index in [1.165, 1.54) is 44.2 Å². The molecule has 1 aromatic rings. The Hall–Kier alpha value is -1.02. The van der Waals surface area contributed by atoms with Crippen LogP contribution in [-0.4, -0.2) is 18.6 Å². The summed E-state index contributed by atoms with van der Waals surface area (Å²) in [7, 11) is 0. The summed E-state index contributed by atoms with van der Waals surface area (Å²) in [6, 6.07) is 12.0. The van der Waals surface area contributed by atoms with Crippen LogP contribution in [0, 0.1) is 5.92 Å². The molecule has 0 radical (unpaired) electrons. The van der Waals surface area contributed by atoms with Crippen molar-refractivity contribution >= 4 is 5.69 Å². The van der Waals surface area contributed by atoms with Gasteiger partial charge in [-0.2, -0.15) is 0 Å². The Morgan fingerprint density at radius 2 is 1.83 bits per heavy atom. The van der Waals surface area contributed by atoms with E-state index >= 15 is 0 Å². The Kier molecular flexibility index (Phi) is 3.84. The molecule has 2 aliphatic rings. The molecule has 0 bridgehead atoms. The van der Waals surface area contributed by atoms with Crippen LogP contribution >= 0.6 is 0 Å². The zero-order chi connectivity index (χ0) is 12.2. The molecule has 0 aromatic heterocycles. The maximum absolute atomic E-state index is 3.86. The molecule has 1 saturated heterocycles. The van der Waals surface area contributed by atoms with E-state index in [-0.39, 0.29) is 0 Å². The first-order valence-electron chi connectivity index (χ1n) is 7.47. The highest BCUT2D eigenvalue weighted by atomic mass is 15.0. The van der Waals surface area contributed by atoms with Gasteiger partial charge in [-0.25, -0.2) is 0 Å². The average molecular weight is 244 g/mol. The summed E-state index contributed by atoms with van der Waals surface area (Å²) in [5.74, 6) is 0.965. The van der Waals surface area contributed by atoms with E-state index in [2.05, 4.69) is 41.0 Å². The second-order valence-corrected chi connectivity index (χ2v) is 5.84. The molecular weight excluding hydrogens is 220 g/mol. The monoisotopic (exact) mass is 244 g/mol. The van der Waals surface area contributed by atoms with Gasteiger partial charge in [0.25, 0.3) is 0 Å². The lowest BCUT2D eigenvalue weighted by molar-refractivity contribution is 0.180. The molecule has 1 aromatic carbocycles. The fraction of sp³-hybridized carbons (Fsp3) is 0.625. The van der Waals surface area contributed by atoms with Gasteiger partial charge in [-0.1, -0.05) is 31.0 Å². The van der Waals surface area contributed by atoms with Crippen LogP contribution < -0.4 is 10.6 Å². The van der Waals surface area contributed by atoms with E-state index in [1.807, 2.05) is 0 Å². The van der Waals surface area contributed by atoms with Gasteiger partial charge in [-0.15, -0.1) is 0 Å². The highest BCUT2D eigenvalue weighted by Crippen LogP contribution is 2.32. The third-order valence-corrected chi connectivity index (χ3v) is 4.57. The second-order valence-electron chi connectivity index (χ2n) is 5.84. The quantitative estimate of drug-likeness (QED) is 0.851. The van der Waals surface area contributed by atoms with Gasteiger partial charge in [-0.05, 0) is 43.7 Å². The van der Waals surface area contributed by atoms with E-state index in [4.69, 9.17) is 0 Å². The maximum Gasteiger partial charge on any atom is 0.0340 e. The van der Waals surface area contributed by atoms with Crippen molar-refractivity contribution < 1.29 is 0 Å². The Balaban J connectivity index is 1.49. The van der Waals surface area contributed by atoms with Crippen LogP contribution in [-0.2, 0) is 0 Å². The number of piperidine rings is 1. The summed E-state index contributed by atoms with van der Waals surface area (Å²) in [6.07, 6.45) is 8.49. The van der Waals surface area contributed by atoms with Crippen LogP contribution in [0.3, 0.4) is 0 Å². The average Bonchev–Trinajstić information content (AvgIpc) is 2.46. The largest absolute Gasteiger partial charge is 0.383 e. The number of benzene rings is 1. The van der Waals surface area contributed by atoms with Gasteiger partial charge in [0, 0.05) is 24.3 Å². The van der Waals surface area contributed by atoms with Gasteiger partial charge in [0.05, 0.1) is 0 Å². The van der Waals surface area contributed by atoms with Crippen molar-refractivity contribution in [3.05, 3.63) is 30.3 Å². The van der Waals surface area contributed by atoms with Crippen molar-refractivity contribution in [1.82, 2.24) is 5.32 Å². The molecular formula is C16H24N2. The summed E-state index contributed by atoms with van der Waals surface area (Å²) in [4.78, 5) is 0. The van der Waals surface area contributed by atoms with Crippen molar-refractivity contribution in [3.8, 4) is 0 Å². The molecule has 1 aliphatic heterocycles. The number of para-hydroxylation sites is 1. The minimum absolute atomic E-state index is 0.657. The molecule has 18 heavy (non-hydrogen) atoms. The number of hydrogen-bond acceptors (Lipinski definition) is 2. The van der Waals surface area contributed by atoms with E-state index in [0.29, 0.717) is 6.04 Å². The van der Waals surface area contributed by atoms with Crippen molar-refractivity contribution in [2.24, 2.45) is 5.92 Å². The predicted octanol–water partition coefficient (Wildman–Crippen LogP) is 3.41. The topological polar surface area (TPSA) is 24.1 Å². The fourth-order valence-electron chi connectivity index (χ4n) is 3.53. The maximum atomic E-state index is 3.86. The van der Waals surface area contributed by atoms with Crippen LogP contribution in [0.25, 0.3) is 0 Å². The van der Waals surface area contributed by atoms with Crippen molar-refractivity contribution in [1.29, 1.82) is 0 Å². The number of anilines is 1. The van der Waals surface area contributed by atoms with E-state index in [9.17, 15) is 0 Å². The van der Waals surface area contributed by atoms with E-state index in [1.54, 1.807) is 0 Å². The summed E-state index contributed by atoms with van der Waals surface area (Å²) in [5, 5.41) is 7.41. The van der Waals surface area contributed by atoms with Crippen molar-refractivity contribution in [3.63, 3.8) is 0 Å². The Bertz CT molecular complexity index is 363. The van der Waals surface area contributed by atoms with Gasteiger partial charge in [-0.3, -0.25) is 0 Å². The molecule has 0 spiro atoms. The lowest BCUT2D eigenvalue weighted by Gasteiger charge is -2.40. The van der Waals surface area contributed by atoms with Crippen LogP contribution in [0.4, 0.5) is 5.69 Å². The summed E-state index contributed by atoms with van der Waals surface area (Å²) >= 11 is 0. The Morgan fingerprint density at radius 3 is 2.72 bits per heavy atom. The molecule has 0 amide bonds. The number of fused-ring (bicyclic) bond motifs is 1. The molecule has 1 aliphatic carbocycles. The van der Waals surface area contributed by atoms with Crippen molar-refractivity contribution in [2.75, 3.05) is 11.9 Å². The second kappa shape index (κ2) is 5.75. The van der Waals surface area contributed by atoms with E-state index in [0.717, 1.165) is 18.5 Å². The third-order valence-electron chi connectivity index (χ3n) is 4.57. The zero-order valence-corrected chi connectivity index (χ0v) is 11.1. The molecule has 1 heterocycles. The molecule has 2 N–H and O–H groups in total. The predicted molar refractivity (Wildman–Crippen MR) is 76.8 cm³/mol. The van der Waals surface area contributed by atoms with Gasteiger partial charge >= 0.3 is 0 Å². The summed E-state index contributed by atoms with van der Waals surface area (Å²) in [6.45, 7) is 1.06. The molecule has 2 fully saturated rings. The molecule has 3 unspecified atom stereocenters. The standard InChI is InChI=1S/C16H24N2/c1-2-7-14(8-3-1)17-12-15-11-10-13-6-4-5-9-16(13)18-15/h1-3,7-8,13,15-18H,4-6,9-12H2.